The molecule has 1 fully saturated rings. The average Bonchev–Trinajstić information content (AvgIpc) is 2.73. The Kier molecular flexibility index (Phi) is 5.82. The van der Waals surface area contributed by atoms with Gasteiger partial charge in [-0.15, -0.1) is 0 Å². The molecule has 30 heavy (non-hydrogen) atoms. The molecule has 0 N–H and O–H groups in total. The Morgan fingerprint density at radius 3 is 2.37 bits per heavy atom. The molecule has 3 nitrogen and oxygen atoms in total. The van der Waals surface area contributed by atoms with Crippen molar-refractivity contribution in [3.63, 3.8) is 0 Å². The molecule has 0 saturated carbocycles. The minimum Gasteiger partial charge on any atom is -0.295 e. The molecule has 158 valence electrons. The molecule has 1 saturated heterocycles. The fourth-order valence-corrected chi connectivity index (χ4v) is 6.02. The zero-order valence-electron chi connectivity index (χ0n) is 18.2. The van der Waals surface area contributed by atoms with Crippen LogP contribution in [0.5, 0.6) is 0 Å². The van der Waals surface area contributed by atoms with E-state index in [-0.39, 0.29) is 16.6 Å². The van der Waals surface area contributed by atoms with Crippen molar-refractivity contribution in [2.75, 3.05) is 13.1 Å². The van der Waals surface area contributed by atoms with Crippen molar-refractivity contribution < 1.29 is 9.00 Å². The summed E-state index contributed by atoms with van der Waals surface area (Å²) in [7, 11) is -1.19. The van der Waals surface area contributed by atoms with Crippen LogP contribution >= 0.6 is 0 Å². The summed E-state index contributed by atoms with van der Waals surface area (Å²) in [5, 5.41) is 0. The van der Waals surface area contributed by atoms with Crippen molar-refractivity contribution in [3.8, 4) is 0 Å². The van der Waals surface area contributed by atoms with E-state index in [0.29, 0.717) is 6.42 Å². The first-order chi connectivity index (χ1) is 14.3. The van der Waals surface area contributed by atoms with E-state index in [4.69, 9.17) is 0 Å². The van der Waals surface area contributed by atoms with E-state index < -0.39 is 11.0 Å². The average molecular weight is 422 g/mol. The van der Waals surface area contributed by atoms with Crippen LogP contribution in [0.2, 0.25) is 0 Å². The van der Waals surface area contributed by atoms with Crippen LogP contribution in [0.15, 0.2) is 71.1 Å². The summed E-state index contributed by atoms with van der Waals surface area (Å²) >= 11 is 0. The van der Waals surface area contributed by atoms with Crippen molar-refractivity contribution in [1.82, 2.24) is 4.31 Å². The predicted octanol–water partition coefficient (Wildman–Crippen LogP) is 5.23. The van der Waals surface area contributed by atoms with Gasteiger partial charge in [-0.2, -0.15) is 0 Å². The van der Waals surface area contributed by atoms with Crippen molar-refractivity contribution in [3.05, 3.63) is 77.4 Å². The zero-order chi connectivity index (χ0) is 21.4. The minimum atomic E-state index is -1.19. The van der Waals surface area contributed by atoms with Gasteiger partial charge in [0.1, 0.15) is 11.0 Å². The highest BCUT2D eigenvalue weighted by Gasteiger charge is 2.43. The number of nitrogens with zero attached hydrogens (tertiary/aromatic N) is 1. The van der Waals surface area contributed by atoms with Crippen LogP contribution in [0, 0.1) is 5.41 Å². The number of carbonyl (C=O) groups excluding carboxylic acids is 1. The van der Waals surface area contributed by atoms with Crippen LogP contribution in [0.3, 0.4) is 0 Å². The Balaban J connectivity index is 1.59. The molecule has 0 amide bonds. The van der Waals surface area contributed by atoms with E-state index in [1.807, 2.05) is 24.3 Å². The summed E-state index contributed by atoms with van der Waals surface area (Å²) in [4.78, 5) is 13.0. The SMILES string of the molecule is CC(C)(C)c1ccc(S(=O)N2CCC3=CC(=O)CC[C@]3(Cc3ccccc3)C2)cc1. The first-order valence-corrected chi connectivity index (χ1v) is 11.9. The number of hydrogen-bond donors (Lipinski definition) is 0. The largest absolute Gasteiger partial charge is 0.295 e. The Bertz CT molecular complexity index is 972. The first-order valence-electron chi connectivity index (χ1n) is 10.8. The fourth-order valence-electron chi connectivity index (χ4n) is 4.73. The molecule has 0 aromatic heterocycles. The molecule has 1 aliphatic carbocycles. The summed E-state index contributed by atoms with van der Waals surface area (Å²) in [5.41, 5.74) is 3.76. The van der Waals surface area contributed by atoms with Gasteiger partial charge in [0.05, 0.1) is 4.90 Å². The number of hydrogen-bond acceptors (Lipinski definition) is 2. The third kappa shape index (κ3) is 4.35. The van der Waals surface area contributed by atoms with Crippen LogP contribution in [0.4, 0.5) is 0 Å². The zero-order valence-corrected chi connectivity index (χ0v) is 19.0. The molecule has 1 heterocycles. The van der Waals surface area contributed by atoms with Crippen LogP contribution in [-0.2, 0) is 27.6 Å². The summed E-state index contributed by atoms with van der Waals surface area (Å²) < 4.78 is 15.6. The molecule has 1 unspecified atom stereocenters. The van der Waals surface area contributed by atoms with Crippen LogP contribution in [0.1, 0.15) is 51.2 Å². The van der Waals surface area contributed by atoms with Crippen LogP contribution in [0.25, 0.3) is 0 Å². The highest BCUT2D eigenvalue weighted by Crippen LogP contribution is 2.45. The van der Waals surface area contributed by atoms with E-state index in [9.17, 15) is 9.00 Å². The van der Waals surface area contributed by atoms with Gasteiger partial charge in [0.2, 0.25) is 0 Å². The Labute approximate surface area is 182 Å². The number of benzene rings is 2. The summed E-state index contributed by atoms with van der Waals surface area (Å²) in [6, 6.07) is 18.7. The van der Waals surface area contributed by atoms with E-state index in [2.05, 4.69) is 61.5 Å². The summed E-state index contributed by atoms with van der Waals surface area (Å²) in [6.45, 7) is 8.03. The first kappa shape index (κ1) is 21.2. The normalized spacial score (nSPS) is 23.6. The smallest absolute Gasteiger partial charge is 0.155 e. The standard InChI is InChI=1S/C26H31NO2S/c1-25(2,3)21-9-11-24(12-10-21)30(29)27-16-14-22-17-23(28)13-15-26(22,19-27)18-20-7-5-4-6-8-20/h4-12,17H,13-16,18-19H2,1-3H3/t26-,30?/m0/s1. The molecular formula is C26H31NO2S. The molecule has 4 rings (SSSR count). The number of fused-ring (bicyclic) bond motifs is 1. The van der Waals surface area contributed by atoms with Crippen molar-refractivity contribution in [1.29, 1.82) is 0 Å². The molecule has 4 heteroatoms. The predicted molar refractivity (Wildman–Crippen MR) is 123 cm³/mol. The van der Waals surface area contributed by atoms with Gasteiger partial charge in [0.15, 0.2) is 5.78 Å². The molecule has 0 radical (unpaired) electrons. The molecule has 0 bridgehead atoms. The van der Waals surface area contributed by atoms with Gasteiger partial charge in [0, 0.05) is 24.9 Å². The van der Waals surface area contributed by atoms with E-state index in [1.54, 1.807) is 0 Å². The van der Waals surface area contributed by atoms with Crippen molar-refractivity contribution in [2.45, 2.75) is 56.8 Å². The number of piperidine rings is 1. The van der Waals surface area contributed by atoms with E-state index in [0.717, 1.165) is 37.2 Å². The van der Waals surface area contributed by atoms with Gasteiger partial charge in [-0.3, -0.25) is 4.79 Å². The van der Waals surface area contributed by atoms with Gasteiger partial charge in [-0.25, -0.2) is 8.51 Å². The Morgan fingerprint density at radius 2 is 1.70 bits per heavy atom. The lowest BCUT2D eigenvalue weighted by Crippen LogP contribution is -2.48. The summed E-state index contributed by atoms with van der Waals surface area (Å²) in [6.07, 6.45) is 5.00. The second-order valence-corrected chi connectivity index (χ2v) is 11.2. The van der Waals surface area contributed by atoms with E-state index >= 15 is 0 Å². The maximum Gasteiger partial charge on any atom is 0.155 e. The molecule has 2 atom stereocenters. The summed E-state index contributed by atoms with van der Waals surface area (Å²) in [5.74, 6) is 0.237. The maximum absolute atomic E-state index is 13.4. The van der Waals surface area contributed by atoms with Gasteiger partial charge >= 0.3 is 0 Å². The van der Waals surface area contributed by atoms with Crippen molar-refractivity contribution in [2.24, 2.45) is 5.41 Å². The maximum atomic E-state index is 13.4. The molecule has 2 aliphatic rings. The quantitative estimate of drug-likeness (QED) is 0.678. The second-order valence-electron chi connectivity index (χ2n) is 9.72. The highest BCUT2D eigenvalue weighted by atomic mass is 32.2. The molecule has 2 aromatic carbocycles. The van der Waals surface area contributed by atoms with Crippen LogP contribution in [-0.4, -0.2) is 27.4 Å². The number of carbonyl (C=O) groups is 1. The van der Waals surface area contributed by atoms with Crippen molar-refractivity contribution >= 4 is 16.8 Å². The second kappa shape index (κ2) is 8.24. The van der Waals surface area contributed by atoms with Crippen LogP contribution < -0.4 is 0 Å². The number of rotatable bonds is 4. The lowest BCUT2D eigenvalue weighted by atomic mass is 9.66. The Hall–Kier alpha value is -2.04. The topological polar surface area (TPSA) is 37.4 Å². The van der Waals surface area contributed by atoms with Gasteiger partial charge in [-0.05, 0) is 54.0 Å². The van der Waals surface area contributed by atoms with Gasteiger partial charge in [0.25, 0.3) is 0 Å². The van der Waals surface area contributed by atoms with E-state index in [1.165, 1.54) is 16.7 Å². The number of ketones is 1. The lowest BCUT2D eigenvalue weighted by molar-refractivity contribution is -0.116. The third-order valence-corrected chi connectivity index (χ3v) is 7.97. The lowest BCUT2D eigenvalue weighted by Gasteiger charge is -2.46. The molecule has 1 aliphatic heterocycles. The van der Waals surface area contributed by atoms with Gasteiger partial charge < -0.3 is 0 Å². The molecule has 0 spiro atoms. The van der Waals surface area contributed by atoms with Gasteiger partial charge in [-0.1, -0.05) is 68.8 Å². The Morgan fingerprint density at radius 1 is 1.00 bits per heavy atom. The molecular weight excluding hydrogens is 390 g/mol. The third-order valence-electron chi connectivity index (χ3n) is 6.52. The molecule has 2 aromatic rings. The fraction of sp³-hybridized carbons (Fsp3) is 0.423. The minimum absolute atomic E-state index is 0.0826. The number of allylic oxidation sites excluding steroid dienone is 1. The monoisotopic (exact) mass is 421 g/mol. The highest BCUT2D eigenvalue weighted by molar-refractivity contribution is 7.82.